The van der Waals surface area contributed by atoms with E-state index >= 15 is 0 Å². The van der Waals surface area contributed by atoms with Gasteiger partial charge in [0.1, 0.15) is 23.1 Å². The lowest BCUT2D eigenvalue weighted by Crippen LogP contribution is -2.30. The van der Waals surface area contributed by atoms with Gasteiger partial charge in [0.25, 0.3) is 5.91 Å². The first-order chi connectivity index (χ1) is 10.8. The van der Waals surface area contributed by atoms with Crippen molar-refractivity contribution in [3.8, 4) is 11.8 Å². The molecule has 1 heterocycles. The summed E-state index contributed by atoms with van der Waals surface area (Å²) < 4.78 is 10.9. The number of nitrogens with zero attached hydrogens (tertiary/aromatic N) is 1. The number of hydrogen-bond donors (Lipinski definition) is 1. The Morgan fingerprint density at radius 2 is 2.09 bits per heavy atom. The van der Waals surface area contributed by atoms with Crippen LogP contribution in [0.5, 0.6) is 5.75 Å². The van der Waals surface area contributed by atoms with Crippen molar-refractivity contribution in [2.45, 2.75) is 26.9 Å². The van der Waals surface area contributed by atoms with Gasteiger partial charge >= 0.3 is 0 Å². The molecule has 0 aliphatic rings. The summed E-state index contributed by atoms with van der Waals surface area (Å²) in [6.07, 6.45) is -0.842. The Labute approximate surface area is 143 Å². The third-order valence-electron chi connectivity index (χ3n) is 3.30. The molecule has 0 fully saturated rings. The quantitative estimate of drug-likeness (QED) is 0.879. The van der Waals surface area contributed by atoms with Crippen LogP contribution in [0.3, 0.4) is 0 Å². The molecule has 2 rings (SSSR count). The zero-order chi connectivity index (χ0) is 17.1. The highest BCUT2D eigenvalue weighted by Crippen LogP contribution is 2.29. The number of amides is 1. The van der Waals surface area contributed by atoms with Crippen LogP contribution in [0.4, 0.5) is 5.88 Å². The number of anilines is 1. The number of rotatable bonds is 4. The van der Waals surface area contributed by atoms with Gasteiger partial charge in [-0.3, -0.25) is 10.1 Å². The molecule has 1 N–H and O–H groups in total. The lowest BCUT2D eigenvalue weighted by molar-refractivity contribution is -0.122. The van der Waals surface area contributed by atoms with Crippen molar-refractivity contribution in [1.29, 1.82) is 5.26 Å². The lowest BCUT2D eigenvalue weighted by atomic mass is 10.2. The van der Waals surface area contributed by atoms with E-state index in [4.69, 9.17) is 37.6 Å². The standard InChI is InChI=1S/C16H14Cl2N2O3/c1-8-9(2)23-16(12(8)7-19)20-15(21)10(3)22-14-5-4-11(17)6-13(14)18/h4-6,10H,1-3H3,(H,20,21). The highest BCUT2D eigenvalue weighted by atomic mass is 35.5. The summed E-state index contributed by atoms with van der Waals surface area (Å²) >= 11 is 11.8. The first-order valence-corrected chi connectivity index (χ1v) is 7.51. The fourth-order valence-electron chi connectivity index (χ4n) is 1.88. The number of nitriles is 1. The molecule has 120 valence electrons. The van der Waals surface area contributed by atoms with Crippen LogP contribution in [-0.2, 0) is 4.79 Å². The topological polar surface area (TPSA) is 75.3 Å². The van der Waals surface area contributed by atoms with E-state index in [0.717, 1.165) is 0 Å². The van der Waals surface area contributed by atoms with Crippen molar-refractivity contribution >= 4 is 35.0 Å². The highest BCUT2D eigenvalue weighted by Gasteiger charge is 2.21. The van der Waals surface area contributed by atoms with Gasteiger partial charge < -0.3 is 9.15 Å². The number of hydrogen-bond acceptors (Lipinski definition) is 4. The van der Waals surface area contributed by atoms with Crippen LogP contribution >= 0.6 is 23.2 Å². The summed E-state index contributed by atoms with van der Waals surface area (Å²) in [5.74, 6) is 0.573. The number of benzene rings is 1. The second kappa shape index (κ2) is 6.95. The second-order valence-electron chi connectivity index (χ2n) is 4.92. The van der Waals surface area contributed by atoms with E-state index in [9.17, 15) is 4.79 Å². The molecule has 23 heavy (non-hydrogen) atoms. The molecule has 0 saturated carbocycles. The SMILES string of the molecule is Cc1oc(NC(=O)C(C)Oc2ccc(Cl)cc2Cl)c(C#N)c1C. The maximum absolute atomic E-state index is 12.2. The molecule has 0 spiro atoms. The first-order valence-electron chi connectivity index (χ1n) is 6.76. The smallest absolute Gasteiger partial charge is 0.267 e. The fourth-order valence-corrected chi connectivity index (χ4v) is 2.33. The molecule has 1 atom stereocenters. The third-order valence-corrected chi connectivity index (χ3v) is 3.83. The maximum atomic E-state index is 12.2. The molecule has 0 bridgehead atoms. The van der Waals surface area contributed by atoms with E-state index in [1.165, 1.54) is 6.07 Å². The molecule has 0 radical (unpaired) electrons. The fraction of sp³-hybridized carbons (Fsp3) is 0.250. The Balaban J connectivity index is 2.12. The molecule has 0 aliphatic heterocycles. The van der Waals surface area contributed by atoms with Gasteiger partial charge in [-0.05, 0) is 39.0 Å². The van der Waals surface area contributed by atoms with Crippen molar-refractivity contribution < 1.29 is 13.9 Å². The average Bonchev–Trinajstić information content (AvgIpc) is 2.76. The molecule has 0 saturated heterocycles. The zero-order valence-corrected chi connectivity index (χ0v) is 14.2. The molecule has 1 amide bonds. The third kappa shape index (κ3) is 3.79. The van der Waals surface area contributed by atoms with Gasteiger partial charge in [0, 0.05) is 10.6 Å². The summed E-state index contributed by atoms with van der Waals surface area (Å²) in [4.78, 5) is 12.2. The monoisotopic (exact) mass is 352 g/mol. The van der Waals surface area contributed by atoms with Crippen molar-refractivity contribution in [2.24, 2.45) is 0 Å². The Hall–Kier alpha value is -2.16. The summed E-state index contributed by atoms with van der Waals surface area (Å²) in [6.45, 7) is 5.04. The number of ether oxygens (including phenoxy) is 1. The molecule has 5 nitrogen and oxygen atoms in total. The number of carbonyl (C=O) groups excluding carboxylic acids is 1. The van der Waals surface area contributed by atoms with Gasteiger partial charge in [0.15, 0.2) is 6.10 Å². The zero-order valence-electron chi connectivity index (χ0n) is 12.7. The molecule has 7 heteroatoms. The Morgan fingerprint density at radius 1 is 1.39 bits per heavy atom. The maximum Gasteiger partial charge on any atom is 0.267 e. The van der Waals surface area contributed by atoms with Crippen LogP contribution < -0.4 is 10.1 Å². The molecular weight excluding hydrogens is 339 g/mol. The van der Waals surface area contributed by atoms with E-state index < -0.39 is 12.0 Å². The van der Waals surface area contributed by atoms with Crippen LogP contribution in [0.2, 0.25) is 10.0 Å². The molecular formula is C16H14Cl2N2O3. The van der Waals surface area contributed by atoms with E-state index in [1.54, 1.807) is 32.9 Å². The average molecular weight is 353 g/mol. The minimum Gasteiger partial charge on any atom is -0.479 e. The largest absolute Gasteiger partial charge is 0.479 e. The van der Waals surface area contributed by atoms with Crippen LogP contribution in [0.25, 0.3) is 0 Å². The summed E-state index contributed by atoms with van der Waals surface area (Å²) in [5, 5.41) is 12.5. The normalized spacial score (nSPS) is 11.7. The second-order valence-corrected chi connectivity index (χ2v) is 5.77. The van der Waals surface area contributed by atoms with Gasteiger partial charge in [-0.1, -0.05) is 23.2 Å². The number of halogens is 2. The first kappa shape index (κ1) is 17.2. The number of furan rings is 1. The van der Waals surface area contributed by atoms with Crippen LogP contribution in [-0.4, -0.2) is 12.0 Å². The van der Waals surface area contributed by atoms with Crippen molar-refractivity contribution in [1.82, 2.24) is 0 Å². The van der Waals surface area contributed by atoms with Crippen LogP contribution in [0.15, 0.2) is 22.6 Å². The lowest BCUT2D eigenvalue weighted by Gasteiger charge is -2.15. The Bertz CT molecular complexity index is 793. The van der Waals surface area contributed by atoms with Gasteiger partial charge in [0.05, 0.1) is 5.02 Å². The van der Waals surface area contributed by atoms with Crippen molar-refractivity contribution in [3.63, 3.8) is 0 Å². The highest BCUT2D eigenvalue weighted by molar-refractivity contribution is 6.35. The predicted molar refractivity (Wildman–Crippen MR) is 88.1 cm³/mol. The van der Waals surface area contributed by atoms with E-state index in [1.807, 2.05) is 6.07 Å². The molecule has 1 aromatic carbocycles. The van der Waals surface area contributed by atoms with Gasteiger partial charge in [-0.15, -0.1) is 0 Å². The summed E-state index contributed by atoms with van der Waals surface area (Å²) in [5.41, 5.74) is 0.990. The van der Waals surface area contributed by atoms with Gasteiger partial charge in [0.2, 0.25) is 5.88 Å². The van der Waals surface area contributed by atoms with E-state index in [0.29, 0.717) is 32.7 Å². The molecule has 1 aromatic heterocycles. The summed E-state index contributed by atoms with van der Waals surface area (Å²) in [7, 11) is 0. The van der Waals surface area contributed by atoms with Crippen molar-refractivity contribution in [2.75, 3.05) is 5.32 Å². The minimum absolute atomic E-state index is 0.116. The number of aryl methyl sites for hydroxylation is 1. The number of nitrogens with one attached hydrogen (secondary N) is 1. The van der Waals surface area contributed by atoms with Crippen LogP contribution in [0.1, 0.15) is 23.8 Å². The van der Waals surface area contributed by atoms with E-state index in [-0.39, 0.29) is 5.88 Å². The Morgan fingerprint density at radius 3 is 2.70 bits per heavy atom. The number of carbonyl (C=O) groups is 1. The molecule has 1 unspecified atom stereocenters. The Kier molecular flexibility index (Phi) is 5.19. The minimum atomic E-state index is -0.842. The molecule has 2 aromatic rings. The van der Waals surface area contributed by atoms with Crippen LogP contribution in [0, 0.1) is 25.2 Å². The predicted octanol–water partition coefficient (Wildman–Crippen LogP) is 4.48. The van der Waals surface area contributed by atoms with Crippen molar-refractivity contribution in [3.05, 3.63) is 45.1 Å². The van der Waals surface area contributed by atoms with Gasteiger partial charge in [-0.2, -0.15) is 5.26 Å². The summed E-state index contributed by atoms with van der Waals surface area (Å²) in [6, 6.07) is 6.72. The van der Waals surface area contributed by atoms with E-state index in [2.05, 4.69) is 5.32 Å². The molecule has 0 aliphatic carbocycles. The van der Waals surface area contributed by atoms with Gasteiger partial charge in [-0.25, -0.2) is 0 Å².